The maximum Gasteiger partial charge on any atom is 0.363 e. The zero-order valence-electron chi connectivity index (χ0n) is 15.6. The summed E-state index contributed by atoms with van der Waals surface area (Å²) in [5, 5.41) is 11.3. The molecule has 0 aliphatic carbocycles. The average molecular weight is 420 g/mol. The van der Waals surface area contributed by atoms with Crippen LogP contribution in [0.2, 0.25) is 10.0 Å². The van der Waals surface area contributed by atoms with Gasteiger partial charge < -0.3 is 10.1 Å². The molecule has 6 nitrogen and oxygen atoms in total. The summed E-state index contributed by atoms with van der Waals surface area (Å²) in [6.45, 7) is 4.91. The number of ether oxygens (including phenoxy) is 1. The highest BCUT2D eigenvalue weighted by atomic mass is 35.5. The quantitative estimate of drug-likeness (QED) is 0.427. The first-order valence-electron chi connectivity index (χ1n) is 8.77. The molecule has 0 radical (unpaired) electrons. The van der Waals surface area contributed by atoms with E-state index in [2.05, 4.69) is 15.7 Å². The number of carbonyl (C=O) groups is 1. The van der Waals surface area contributed by atoms with Gasteiger partial charge in [-0.25, -0.2) is 5.32 Å². The van der Waals surface area contributed by atoms with Gasteiger partial charge in [-0.05, 0) is 43.7 Å². The molecule has 146 valence electrons. The minimum Gasteiger partial charge on any atom is -0.489 e. The van der Waals surface area contributed by atoms with Crippen molar-refractivity contribution in [3.8, 4) is 5.75 Å². The van der Waals surface area contributed by atoms with Crippen molar-refractivity contribution in [1.82, 2.24) is 10.6 Å². The van der Waals surface area contributed by atoms with E-state index in [0.717, 1.165) is 16.8 Å². The van der Waals surface area contributed by atoms with Crippen LogP contribution in [-0.4, -0.2) is 28.8 Å². The van der Waals surface area contributed by atoms with Crippen LogP contribution in [0.1, 0.15) is 25.0 Å². The van der Waals surface area contributed by atoms with Gasteiger partial charge in [0.2, 0.25) is 0 Å². The third-order valence-electron chi connectivity index (χ3n) is 4.00. The lowest BCUT2D eigenvalue weighted by Gasteiger charge is -2.10. The van der Waals surface area contributed by atoms with Crippen molar-refractivity contribution in [2.24, 2.45) is 5.10 Å². The Kier molecular flexibility index (Phi) is 6.54. The molecule has 1 fully saturated rings. The predicted octanol–water partition coefficient (Wildman–Crippen LogP) is 3.56. The fourth-order valence-electron chi connectivity index (χ4n) is 2.68. The lowest BCUT2D eigenvalue weighted by molar-refractivity contribution is -0.550. The molecule has 1 heterocycles. The molecule has 3 rings (SSSR count). The fourth-order valence-corrected chi connectivity index (χ4v) is 3.18. The number of amides is 1. The molecule has 0 saturated carbocycles. The average Bonchev–Trinajstić information content (AvgIpc) is 3.07. The Morgan fingerprint density at radius 1 is 1.11 bits per heavy atom. The van der Waals surface area contributed by atoms with Gasteiger partial charge in [0.15, 0.2) is 6.67 Å². The number of benzene rings is 2. The molecule has 8 heteroatoms. The van der Waals surface area contributed by atoms with Gasteiger partial charge in [0.25, 0.3) is 0 Å². The van der Waals surface area contributed by atoms with Crippen LogP contribution in [0.3, 0.4) is 0 Å². The van der Waals surface area contributed by atoms with Crippen LogP contribution in [0.4, 0.5) is 0 Å². The third-order valence-corrected chi connectivity index (χ3v) is 4.71. The Morgan fingerprint density at radius 2 is 1.79 bits per heavy atom. The summed E-state index contributed by atoms with van der Waals surface area (Å²) in [6.07, 6.45) is 0. The highest BCUT2D eigenvalue weighted by Gasteiger charge is 2.29. The molecule has 1 aliphatic heterocycles. The van der Waals surface area contributed by atoms with E-state index in [4.69, 9.17) is 27.9 Å². The maximum atomic E-state index is 12.0. The van der Waals surface area contributed by atoms with Crippen LogP contribution in [0, 0.1) is 0 Å². The number of hydrogen-bond donors (Lipinski definition) is 2. The molecule has 0 bridgehead atoms. The Labute approximate surface area is 173 Å². The number of nitrogens with zero attached hydrogens (tertiary/aromatic N) is 2. The molecule has 0 aromatic heterocycles. The van der Waals surface area contributed by atoms with E-state index in [1.165, 1.54) is 0 Å². The molecule has 2 N–H and O–H groups in total. The summed E-state index contributed by atoms with van der Waals surface area (Å²) < 4.78 is 7.47. The van der Waals surface area contributed by atoms with E-state index in [1.807, 2.05) is 38.1 Å². The lowest BCUT2D eigenvalue weighted by atomic mass is 10.2. The van der Waals surface area contributed by atoms with Crippen molar-refractivity contribution < 1.29 is 14.2 Å². The Bertz CT molecular complexity index is 915. The van der Waals surface area contributed by atoms with Crippen LogP contribution in [0.15, 0.2) is 47.6 Å². The molecule has 1 amide bonds. The van der Waals surface area contributed by atoms with E-state index in [-0.39, 0.29) is 12.5 Å². The highest BCUT2D eigenvalue weighted by molar-refractivity contribution is 6.37. The SMILES string of the molecule is CC(C)=N[N+](Cc1ccc(OCc2c(Cl)cccc2Cl)cc1)=C1NCNC1=O. The largest absolute Gasteiger partial charge is 0.489 e. The van der Waals surface area contributed by atoms with E-state index in [0.29, 0.717) is 34.8 Å². The van der Waals surface area contributed by atoms with E-state index in [1.54, 1.807) is 22.9 Å². The van der Waals surface area contributed by atoms with Crippen LogP contribution in [0.5, 0.6) is 5.75 Å². The van der Waals surface area contributed by atoms with Gasteiger partial charge in [-0.1, -0.05) is 46.5 Å². The second-order valence-corrected chi connectivity index (χ2v) is 7.26. The molecule has 2 aromatic rings. The standard InChI is InChI=1S/C20H20Cl2N4O2/c1-13(2)25-26(19-20(27)24-12-23-19)10-14-6-8-15(9-7-14)28-11-16-17(21)4-3-5-18(16)22/h3-9H,10-12H2,1-2H3,(H,24,27)/p+1. The molecular formula is C20H21Cl2N4O2+. The van der Waals surface area contributed by atoms with Gasteiger partial charge in [0.05, 0.1) is 5.71 Å². The first-order chi connectivity index (χ1) is 13.4. The molecular weight excluding hydrogens is 399 g/mol. The second kappa shape index (κ2) is 9.08. The van der Waals surface area contributed by atoms with Crippen molar-refractivity contribution in [3.05, 3.63) is 63.6 Å². The Morgan fingerprint density at radius 3 is 2.36 bits per heavy atom. The highest BCUT2D eigenvalue weighted by Crippen LogP contribution is 2.26. The summed E-state index contributed by atoms with van der Waals surface area (Å²) >= 11 is 12.3. The summed E-state index contributed by atoms with van der Waals surface area (Å²) in [6, 6.07) is 13.0. The van der Waals surface area contributed by atoms with Crippen LogP contribution < -0.4 is 15.4 Å². The van der Waals surface area contributed by atoms with Gasteiger partial charge in [-0.3, -0.25) is 4.79 Å². The van der Waals surface area contributed by atoms with Gasteiger partial charge in [-0.15, -0.1) is 4.68 Å². The van der Waals surface area contributed by atoms with Crippen LogP contribution >= 0.6 is 23.2 Å². The number of hydrazone groups is 1. The summed E-state index contributed by atoms with van der Waals surface area (Å²) in [4.78, 5) is 12.0. The molecule has 1 saturated heterocycles. The monoisotopic (exact) mass is 419 g/mol. The van der Waals surface area contributed by atoms with E-state index < -0.39 is 0 Å². The van der Waals surface area contributed by atoms with Crippen LogP contribution in [-0.2, 0) is 17.9 Å². The molecule has 0 unspecified atom stereocenters. The molecule has 0 atom stereocenters. The zero-order chi connectivity index (χ0) is 20.1. The first-order valence-corrected chi connectivity index (χ1v) is 9.52. The third kappa shape index (κ3) is 5.03. The smallest absolute Gasteiger partial charge is 0.363 e. The number of halogens is 2. The molecule has 28 heavy (non-hydrogen) atoms. The van der Waals surface area contributed by atoms with Crippen molar-refractivity contribution >= 4 is 40.7 Å². The maximum absolute atomic E-state index is 12.0. The number of rotatable bonds is 6. The number of nitrogens with one attached hydrogen (secondary N) is 2. The minimum absolute atomic E-state index is 0.165. The molecule has 1 aliphatic rings. The number of hydrogen-bond acceptors (Lipinski definition) is 3. The second-order valence-electron chi connectivity index (χ2n) is 6.45. The normalized spacial score (nSPS) is 14.9. The lowest BCUT2D eigenvalue weighted by Crippen LogP contribution is -2.31. The molecule has 0 spiro atoms. The zero-order valence-corrected chi connectivity index (χ0v) is 17.1. The van der Waals surface area contributed by atoms with Gasteiger partial charge in [0.1, 0.15) is 18.9 Å². The van der Waals surface area contributed by atoms with Crippen molar-refractivity contribution in [2.75, 3.05) is 6.67 Å². The Balaban J connectivity index is 1.71. The predicted molar refractivity (Wildman–Crippen MR) is 111 cm³/mol. The minimum atomic E-state index is -0.165. The van der Waals surface area contributed by atoms with E-state index >= 15 is 0 Å². The number of carbonyl (C=O) groups excluding carboxylic acids is 1. The molecule has 2 aromatic carbocycles. The summed E-state index contributed by atoms with van der Waals surface area (Å²) in [5.41, 5.74) is 2.59. The van der Waals surface area contributed by atoms with E-state index in [9.17, 15) is 4.79 Å². The van der Waals surface area contributed by atoms with Crippen LogP contribution in [0.25, 0.3) is 0 Å². The van der Waals surface area contributed by atoms with Crippen molar-refractivity contribution in [3.63, 3.8) is 0 Å². The Hall–Kier alpha value is -2.57. The van der Waals surface area contributed by atoms with Gasteiger partial charge in [-0.2, -0.15) is 0 Å². The summed E-state index contributed by atoms with van der Waals surface area (Å²) in [7, 11) is 0. The van der Waals surface area contributed by atoms with Crippen molar-refractivity contribution in [1.29, 1.82) is 0 Å². The topological polar surface area (TPSA) is 65.7 Å². The summed E-state index contributed by atoms with van der Waals surface area (Å²) in [5.74, 6) is 0.974. The first kappa shape index (κ1) is 20.2. The number of amidine groups is 1. The van der Waals surface area contributed by atoms with Gasteiger partial charge in [0, 0.05) is 15.6 Å². The fraction of sp³-hybridized carbons (Fsp3) is 0.250. The van der Waals surface area contributed by atoms with Gasteiger partial charge >= 0.3 is 11.7 Å². The van der Waals surface area contributed by atoms with Crippen molar-refractivity contribution in [2.45, 2.75) is 27.0 Å².